The molecule has 1 aliphatic heterocycles. The number of nitrogens with zero attached hydrogens (tertiary/aromatic N) is 2. The monoisotopic (exact) mass is 324 g/mol. The van der Waals surface area contributed by atoms with Gasteiger partial charge in [-0.3, -0.25) is 0 Å². The van der Waals surface area contributed by atoms with Crippen LogP contribution in [0.4, 0.5) is 4.39 Å². The van der Waals surface area contributed by atoms with E-state index in [-0.39, 0.29) is 11.3 Å². The Balaban J connectivity index is 1.85. The van der Waals surface area contributed by atoms with Crippen LogP contribution < -0.4 is 0 Å². The molecule has 23 heavy (non-hydrogen) atoms. The maximum atomic E-state index is 14.0. The second-order valence-electron chi connectivity index (χ2n) is 5.39. The van der Waals surface area contributed by atoms with Crippen molar-refractivity contribution in [2.45, 2.75) is 11.4 Å². The fourth-order valence-electron chi connectivity index (χ4n) is 2.83. The Bertz CT molecular complexity index is 939. The van der Waals surface area contributed by atoms with Crippen molar-refractivity contribution in [3.63, 3.8) is 0 Å². The van der Waals surface area contributed by atoms with Gasteiger partial charge in [0.1, 0.15) is 11.5 Å². The average Bonchev–Trinajstić information content (AvgIpc) is 3.02. The average molecular weight is 324 g/mol. The molecule has 0 saturated carbocycles. The van der Waals surface area contributed by atoms with Crippen molar-refractivity contribution in [2.75, 3.05) is 5.75 Å². The summed E-state index contributed by atoms with van der Waals surface area (Å²) in [6.07, 6.45) is 1.02. The lowest BCUT2D eigenvalue weighted by atomic mass is 9.99. The Morgan fingerprint density at radius 1 is 1.17 bits per heavy atom. The zero-order chi connectivity index (χ0) is 15.8. The normalized spacial score (nSPS) is 14.2. The summed E-state index contributed by atoms with van der Waals surface area (Å²) < 4.78 is 14.0. The smallest absolute Gasteiger partial charge is 0.132 e. The van der Waals surface area contributed by atoms with Crippen molar-refractivity contribution in [3.8, 4) is 0 Å². The van der Waals surface area contributed by atoms with E-state index in [1.165, 1.54) is 11.6 Å². The largest absolute Gasteiger partial charge is 0.410 e. The van der Waals surface area contributed by atoms with E-state index in [0.717, 1.165) is 28.1 Å². The van der Waals surface area contributed by atoms with Crippen LogP contribution in [0.3, 0.4) is 0 Å². The molecule has 0 radical (unpaired) electrons. The minimum Gasteiger partial charge on any atom is -0.410 e. The van der Waals surface area contributed by atoms with Crippen molar-refractivity contribution in [1.82, 2.24) is 4.98 Å². The molecule has 2 heterocycles. The Kier molecular flexibility index (Phi) is 3.50. The van der Waals surface area contributed by atoms with Gasteiger partial charge < -0.3 is 5.21 Å². The van der Waals surface area contributed by atoms with E-state index in [1.54, 1.807) is 30.0 Å². The fraction of sp³-hybridized carbons (Fsp3) is 0.111. The highest BCUT2D eigenvalue weighted by molar-refractivity contribution is 7.99. The number of rotatable bonds is 2. The van der Waals surface area contributed by atoms with Crippen molar-refractivity contribution in [1.29, 1.82) is 0 Å². The molecule has 0 aliphatic carbocycles. The molecule has 0 atom stereocenters. The number of aromatic nitrogens is 1. The van der Waals surface area contributed by atoms with Gasteiger partial charge in [0.25, 0.3) is 0 Å². The molecule has 2 aromatic carbocycles. The molecular formula is C18H13FN2OS. The summed E-state index contributed by atoms with van der Waals surface area (Å²) >= 11 is 1.77. The highest BCUT2D eigenvalue weighted by atomic mass is 32.2. The van der Waals surface area contributed by atoms with E-state index in [1.807, 2.05) is 18.2 Å². The quantitative estimate of drug-likeness (QED) is 0.435. The van der Waals surface area contributed by atoms with Crippen LogP contribution >= 0.6 is 11.8 Å². The molecule has 3 aromatic rings. The second-order valence-corrected chi connectivity index (χ2v) is 6.47. The van der Waals surface area contributed by atoms with Crippen molar-refractivity contribution < 1.29 is 9.60 Å². The van der Waals surface area contributed by atoms with Crippen molar-refractivity contribution in [2.24, 2.45) is 5.16 Å². The van der Waals surface area contributed by atoms with Crippen molar-refractivity contribution in [3.05, 3.63) is 71.0 Å². The zero-order valence-electron chi connectivity index (χ0n) is 12.2. The lowest BCUT2D eigenvalue weighted by Crippen LogP contribution is -2.06. The van der Waals surface area contributed by atoms with Gasteiger partial charge in [-0.15, -0.1) is 11.8 Å². The molecule has 0 bridgehead atoms. The maximum Gasteiger partial charge on any atom is 0.132 e. The second kappa shape index (κ2) is 5.66. The summed E-state index contributed by atoms with van der Waals surface area (Å²) in [6.45, 7) is 0. The minimum absolute atomic E-state index is 0.222. The van der Waals surface area contributed by atoms with Gasteiger partial charge >= 0.3 is 0 Å². The molecule has 5 heteroatoms. The van der Waals surface area contributed by atoms with Crippen LogP contribution in [0.2, 0.25) is 0 Å². The van der Waals surface area contributed by atoms with Crippen LogP contribution in [0.1, 0.15) is 16.7 Å². The maximum absolute atomic E-state index is 14.0. The van der Waals surface area contributed by atoms with E-state index in [2.05, 4.69) is 16.2 Å². The number of thioether (sulfide) groups is 1. The summed E-state index contributed by atoms with van der Waals surface area (Å²) in [6, 6.07) is 14.0. The molecule has 1 aromatic heterocycles. The van der Waals surface area contributed by atoms with Crippen LogP contribution in [-0.4, -0.2) is 21.7 Å². The first-order chi connectivity index (χ1) is 11.3. The number of benzene rings is 2. The van der Waals surface area contributed by atoms with Gasteiger partial charge in [0, 0.05) is 22.3 Å². The van der Waals surface area contributed by atoms with E-state index in [9.17, 15) is 9.60 Å². The Hall–Kier alpha value is -2.40. The molecule has 3 nitrogen and oxygen atoms in total. The first-order valence-corrected chi connectivity index (χ1v) is 8.28. The number of pyridine rings is 1. The highest BCUT2D eigenvalue weighted by Crippen LogP contribution is 2.32. The van der Waals surface area contributed by atoms with Crippen LogP contribution in [-0.2, 0) is 6.42 Å². The van der Waals surface area contributed by atoms with Gasteiger partial charge in [-0.25, -0.2) is 9.37 Å². The van der Waals surface area contributed by atoms with Gasteiger partial charge in [-0.2, -0.15) is 0 Å². The minimum atomic E-state index is -0.413. The molecule has 0 spiro atoms. The van der Waals surface area contributed by atoms with Gasteiger partial charge in [0.05, 0.1) is 10.5 Å². The Morgan fingerprint density at radius 2 is 2.04 bits per heavy atom. The number of halogens is 1. The number of fused-ring (bicyclic) bond motifs is 2. The van der Waals surface area contributed by atoms with Crippen LogP contribution in [0.15, 0.2) is 58.7 Å². The summed E-state index contributed by atoms with van der Waals surface area (Å²) in [5, 5.41) is 14.8. The lowest BCUT2D eigenvalue weighted by molar-refractivity contribution is 0.319. The van der Waals surface area contributed by atoms with Gasteiger partial charge in [0.15, 0.2) is 0 Å². The third-order valence-corrected chi connectivity index (χ3v) is 5.00. The molecule has 1 N–H and O–H groups in total. The standard InChI is InChI=1S/C18H13FN2OS/c19-15-4-2-1-3-14(15)17(21-22)11-5-6-16-13(9-11)10-12-7-8-23-18(12)20-16/h1-6,9-10,22H,7-8H2/b21-17+. The third kappa shape index (κ3) is 2.47. The number of aryl methyl sites for hydroxylation is 1. The predicted octanol–water partition coefficient (Wildman–Crippen LogP) is 4.25. The summed E-state index contributed by atoms with van der Waals surface area (Å²) in [4.78, 5) is 4.66. The highest BCUT2D eigenvalue weighted by Gasteiger charge is 2.16. The number of hydrogen-bond acceptors (Lipinski definition) is 4. The summed E-state index contributed by atoms with van der Waals surface area (Å²) in [5.74, 6) is 0.647. The Labute approximate surface area is 136 Å². The molecule has 0 amide bonds. The molecule has 0 unspecified atom stereocenters. The van der Waals surface area contributed by atoms with Gasteiger partial charge in [-0.1, -0.05) is 23.4 Å². The van der Waals surface area contributed by atoms with Crippen LogP contribution in [0.25, 0.3) is 10.9 Å². The van der Waals surface area contributed by atoms with Gasteiger partial charge in [-0.05, 0) is 42.3 Å². The zero-order valence-corrected chi connectivity index (χ0v) is 13.0. The first-order valence-electron chi connectivity index (χ1n) is 7.30. The molecule has 114 valence electrons. The molecule has 0 fully saturated rings. The fourth-order valence-corrected chi connectivity index (χ4v) is 3.86. The van der Waals surface area contributed by atoms with Crippen molar-refractivity contribution >= 4 is 28.4 Å². The first kappa shape index (κ1) is 14.2. The Morgan fingerprint density at radius 3 is 2.87 bits per heavy atom. The number of hydrogen-bond donors (Lipinski definition) is 1. The molecular weight excluding hydrogens is 311 g/mol. The molecule has 4 rings (SSSR count). The van der Waals surface area contributed by atoms with Crippen LogP contribution in [0.5, 0.6) is 0 Å². The third-order valence-electron chi connectivity index (χ3n) is 3.97. The molecule has 1 aliphatic rings. The predicted molar refractivity (Wildman–Crippen MR) is 90.0 cm³/mol. The topological polar surface area (TPSA) is 45.5 Å². The van der Waals surface area contributed by atoms with Gasteiger partial charge in [0.2, 0.25) is 0 Å². The van der Waals surface area contributed by atoms with E-state index < -0.39 is 5.82 Å². The van der Waals surface area contributed by atoms with Crippen LogP contribution in [0, 0.1) is 5.82 Å². The SMILES string of the molecule is O/N=C(\c1ccc2nc3c(cc2c1)CCS3)c1ccccc1F. The van der Waals surface area contributed by atoms with E-state index >= 15 is 0 Å². The summed E-state index contributed by atoms with van der Waals surface area (Å²) in [5.41, 5.74) is 3.30. The number of oxime groups is 1. The lowest BCUT2D eigenvalue weighted by Gasteiger charge is -2.08. The van der Waals surface area contributed by atoms with E-state index in [0.29, 0.717) is 5.56 Å². The molecule has 0 saturated heterocycles. The summed E-state index contributed by atoms with van der Waals surface area (Å²) in [7, 11) is 0. The van der Waals surface area contributed by atoms with E-state index in [4.69, 9.17) is 0 Å².